The maximum Gasteiger partial charge on any atom is 0.217 e. The number of rotatable bonds is 12. The number of hydrogen-bond acceptors (Lipinski definition) is 21. The van der Waals surface area contributed by atoms with Crippen molar-refractivity contribution in [2.45, 2.75) is 137 Å². The number of nitrogens with one attached hydrogen (secondary N) is 2. The summed E-state index contributed by atoms with van der Waals surface area (Å²) >= 11 is 0. The summed E-state index contributed by atoms with van der Waals surface area (Å²) in [6.45, 7) is -1.29. The smallest absolute Gasteiger partial charge is 0.217 e. The van der Waals surface area contributed by atoms with Gasteiger partial charge in [0.1, 0.15) is 97.5 Å². The molecule has 0 spiro atoms. The summed E-state index contributed by atoms with van der Waals surface area (Å²) < 4.78 is 39.3. The van der Waals surface area contributed by atoms with Crippen LogP contribution in [0.1, 0.15) is 13.8 Å². The molecule has 0 radical (unpaired) electrons. The first-order chi connectivity index (χ1) is 24.1. The van der Waals surface area contributed by atoms with Crippen molar-refractivity contribution in [3.63, 3.8) is 0 Å². The average molecular weight is 749 g/mol. The second-order valence-corrected chi connectivity index (χ2v) is 12.6. The molecule has 1 unspecified atom stereocenters. The molecule has 0 aromatic carbocycles. The number of ether oxygens (including phenoxy) is 7. The van der Waals surface area contributed by atoms with Gasteiger partial charge in [0.2, 0.25) is 11.8 Å². The zero-order chi connectivity index (χ0) is 37.9. The first-order valence-corrected chi connectivity index (χ1v) is 16.1. The molecule has 4 fully saturated rings. The molecule has 23 nitrogen and oxygen atoms in total. The maximum absolute atomic E-state index is 12.3. The first kappa shape index (κ1) is 41.9. The second kappa shape index (κ2) is 18.0. The van der Waals surface area contributed by atoms with E-state index in [1.807, 2.05) is 0 Å². The van der Waals surface area contributed by atoms with E-state index >= 15 is 0 Å². The lowest BCUT2D eigenvalue weighted by Gasteiger charge is -2.50. The number of aliphatic hydroxyl groups excluding tert-OH is 12. The Kier molecular flexibility index (Phi) is 14.8. The molecule has 0 aromatic rings. The van der Waals surface area contributed by atoms with E-state index in [1.54, 1.807) is 0 Å². The Bertz CT molecular complexity index is 1140. The molecule has 4 heterocycles. The van der Waals surface area contributed by atoms with Crippen molar-refractivity contribution in [2.75, 3.05) is 26.4 Å². The van der Waals surface area contributed by atoms with Gasteiger partial charge in [-0.2, -0.15) is 0 Å². The molecule has 51 heavy (non-hydrogen) atoms. The highest BCUT2D eigenvalue weighted by atomic mass is 16.8. The topological polar surface area (TPSA) is 366 Å². The quantitative estimate of drug-likeness (QED) is 0.0881. The summed E-state index contributed by atoms with van der Waals surface area (Å²) in [5.74, 6) is -1.44. The van der Waals surface area contributed by atoms with Crippen LogP contribution in [-0.2, 0) is 42.7 Å². The molecular formula is C28H48N2O21. The van der Waals surface area contributed by atoms with Crippen LogP contribution in [0.3, 0.4) is 0 Å². The van der Waals surface area contributed by atoms with Crippen LogP contribution in [0, 0.1) is 0 Å². The van der Waals surface area contributed by atoms with Gasteiger partial charge in [-0.15, -0.1) is 0 Å². The van der Waals surface area contributed by atoms with Crippen molar-refractivity contribution in [1.29, 1.82) is 0 Å². The van der Waals surface area contributed by atoms with Gasteiger partial charge in [0.25, 0.3) is 0 Å². The number of hydrogen-bond donors (Lipinski definition) is 14. The number of aliphatic hydroxyl groups is 12. The Morgan fingerprint density at radius 2 is 0.882 bits per heavy atom. The normalized spacial score (nSPS) is 47.8. The van der Waals surface area contributed by atoms with E-state index in [2.05, 4.69) is 10.6 Å². The zero-order valence-corrected chi connectivity index (χ0v) is 27.4. The highest BCUT2D eigenvalue weighted by Crippen LogP contribution is 2.34. The molecule has 4 rings (SSSR count). The Labute approximate surface area is 289 Å². The summed E-state index contributed by atoms with van der Waals surface area (Å²) in [4.78, 5) is 24.1. The SMILES string of the molecule is CC(=O)N[C@H]1[C@H](O[C@H]2[C@H](O)[C@@H](O)[C@H](O[C@H]3[C@H](O)[C@@H](CO)O[C@@H](O[C@H]4[C@H](O)[C@@H](O)C(O)O[C@@H]4CO)[C@@H]3NC(C)=O)O[C@@H]2CO)O[C@H](CO)[C@@H](O)[C@@H]1O. The predicted molar refractivity (Wildman–Crippen MR) is 157 cm³/mol. The van der Waals surface area contributed by atoms with Crippen LogP contribution in [0.5, 0.6) is 0 Å². The van der Waals surface area contributed by atoms with Gasteiger partial charge >= 0.3 is 0 Å². The third-order valence-electron chi connectivity index (χ3n) is 9.01. The molecule has 2 amide bonds. The van der Waals surface area contributed by atoms with E-state index in [0.717, 1.165) is 13.8 Å². The molecule has 0 aliphatic carbocycles. The largest absolute Gasteiger partial charge is 0.394 e. The third-order valence-corrected chi connectivity index (χ3v) is 9.01. The van der Waals surface area contributed by atoms with Gasteiger partial charge in [-0.3, -0.25) is 9.59 Å². The van der Waals surface area contributed by atoms with Gasteiger partial charge in [0.15, 0.2) is 25.2 Å². The van der Waals surface area contributed by atoms with E-state index in [0.29, 0.717) is 0 Å². The van der Waals surface area contributed by atoms with Crippen LogP contribution in [0.4, 0.5) is 0 Å². The molecule has 296 valence electrons. The minimum Gasteiger partial charge on any atom is -0.394 e. The predicted octanol–water partition coefficient (Wildman–Crippen LogP) is -9.46. The lowest BCUT2D eigenvalue weighted by Crippen LogP contribution is -2.70. The van der Waals surface area contributed by atoms with Gasteiger partial charge in [0.05, 0.1) is 26.4 Å². The van der Waals surface area contributed by atoms with Crippen molar-refractivity contribution in [2.24, 2.45) is 0 Å². The summed E-state index contributed by atoms with van der Waals surface area (Å²) in [5, 5.41) is 129. The first-order valence-electron chi connectivity index (χ1n) is 16.1. The molecule has 4 saturated heterocycles. The molecule has 14 N–H and O–H groups in total. The standard InChI is InChI=1S/C28H48N2O21/c1-7(35)29-13-17(39)15(37)9(3-31)46-26(13)49-23-12(6-34)48-28(21(43)19(23)41)51-24-14(30-8(2)36)27(47-10(4-32)16(24)38)50-22-11(5-33)45-25(44)20(42)18(22)40/h9-28,31-34,37-44H,3-6H2,1-2H3,(H,29,35)(H,30,36)/t9-,10-,11-,12-,13-,14-,15-,16-,17-,18-,19-,20-,21-,22-,23-,24-,25?,26+,27+,28+/m1/s1. The van der Waals surface area contributed by atoms with Gasteiger partial charge in [0, 0.05) is 13.8 Å². The van der Waals surface area contributed by atoms with E-state index in [9.17, 15) is 70.9 Å². The fraction of sp³-hybridized carbons (Fsp3) is 0.929. The summed E-state index contributed by atoms with van der Waals surface area (Å²) in [6.07, 6.45) is -31.4. The van der Waals surface area contributed by atoms with Crippen LogP contribution in [-0.4, -0.2) is 222 Å². The van der Waals surface area contributed by atoms with Crippen molar-refractivity contribution in [3.8, 4) is 0 Å². The Balaban J connectivity index is 1.58. The van der Waals surface area contributed by atoms with Gasteiger partial charge in [-0.05, 0) is 0 Å². The molecule has 0 aromatic heterocycles. The van der Waals surface area contributed by atoms with Gasteiger partial charge in [-0.25, -0.2) is 0 Å². The third kappa shape index (κ3) is 9.11. The lowest BCUT2D eigenvalue weighted by molar-refractivity contribution is -0.374. The molecule has 4 aliphatic heterocycles. The molecule has 0 bridgehead atoms. The highest BCUT2D eigenvalue weighted by molar-refractivity contribution is 5.73. The molecule has 23 heteroatoms. The average Bonchev–Trinajstić information content (AvgIpc) is 3.09. The number of carbonyl (C=O) groups excluding carboxylic acids is 2. The van der Waals surface area contributed by atoms with Gasteiger partial charge in [-0.1, -0.05) is 0 Å². The van der Waals surface area contributed by atoms with Crippen LogP contribution < -0.4 is 10.6 Å². The fourth-order valence-electron chi connectivity index (χ4n) is 6.35. The molecule has 20 atom stereocenters. The van der Waals surface area contributed by atoms with Crippen LogP contribution in [0.15, 0.2) is 0 Å². The number of amides is 2. The van der Waals surface area contributed by atoms with E-state index in [1.165, 1.54) is 0 Å². The van der Waals surface area contributed by atoms with Crippen molar-refractivity contribution < 1.29 is 104 Å². The fourth-order valence-corrected chi connectivity index (χ4v) is 6.35. The van der Waals surface area contributed by atoms with Crippen LogP contribution in [0.25, 0.3) is 0 Å². The minimum atomic E-state index is -2.08. The van der Waals surface area contributed by atoms with Crippen molar-refractivity contribution >= 4 is 11.8 Å². The van der Waals surface area contributed by atoms with E-state index < -0.39 is 161 Å². The second-order valence-electron chi connectivity index (χ2n) is 12.6. The molecule has 4 aliphatic rings. The van der Waals surface area contributed by atoms with Gasteiger partial charge < -0.3 is 105 Å². The Morgan fingerprint density at radius 3 is 1.39 bits per heavy atom. The maximum atomic E-state index is 12.3. The highest BCUT2D eigenvalue weighted by Gasteiger charge is 2.55. The summed E-state index contributed by atoms with van der Waals surface area (Å²) in [6, 6.07) is -3.05. The Morgan fingerprint density at radius 1 is 0.471 bits per heavy atom. The van der Waals surface area contributed by atoms with Crippen LogP contribution in [0.2, 0.25) is 0 Å². The molecule has 0 saturated carbocycles. The minimum absolute atomic E-state index is 0.683. The summed E-state index contributed by atoms with van der Waals surface area (Å²) in [7, 11) is 0. The lowest BCUT2D eigenvalue weighted by atomic mass is 9.94. The van der Waals surface area contributed by atoms with E-state index in [-0.39, 0.29) is 0 Å². The van der Waals surface area contributed by atoms with Crippen LogP contribution >= 0.6 is 0 Å². The number of carbonyl (C=O) groups is 2. The zero-order valence-electron chi connectivity index (χ0n) is 27.4. The van der Waals surface area contributed by atoms with E-state index in [4.69, 9.17) is 33.2 Å². The Hall–Kier alpha value is -1.82. The molecular weight excluding hydrogens is 700 g/mol. The van der Waals surface area contributed by atoms with Crippen molar-refractivity contribution in [3.05, 3.63) is 0 Å². The summed E-state index contributed by atoms with van der Waals surface area (Å²) in [5.41, 5.74) is 0. The monoisotopic (exact) mass is 748 g/mol. The van der Waals surface area contributed by atoms with Crippen molar-refractivity contribution in [1.82, 2.24) is 10.6 Å².